The molecule has 8 heteroatoms. The van der Waals surface area contributed by atoms with E-state index >= 15 is 0 Å². The summed E-state index contributed by atoms with van der Waals surface area (Å²) < 4.78 is 2.12. The zero-order valence-corrected chi connectivity index (χ0v) is 18.8. The van der Waals surface area contributed by atoms with Crippen molar-refractivity contribution < 1.29 is 0 Å². The number of rotatable bonds is 7. The lowest BCUT2D eigenvalue weighted by Crippen LogP contribution is -2.38. The van der Waals surface area contributed by atoms with E-state index in [-0.39, 0.29) is 24.0 Å². The monoisotopic (exact) mass is 502 g/mol. The Kier molecular flexibility index (Phi) is 9.33. The molecule has 2 aromatic heterocycles. The maximum atomic E-state index is 5.82. The average Bonchev–Trinajstić information content (AvgIpc) is 3.33. The average molecular weight is 503 g/mol. The highest BCUT2D eigenvalue weighted by Crippen LogP contribution is 2.28. The molecule has 1 aliphatic rings. The van der Waals surface area contributed by atoms with Crippen LogP contribution in [0.25, 0.3) is 0 Å². The second kappa shape index (κ2) is 11.5. The Bertz CT molecular complexity index is 709. The van der Waals surface area contributed by atoms with Gasteiger partial charge in [0, 0.05) is 25.5 Å². The fraction of sp³-hybridized carbons (Fsp3) is 0.526. The van der Waals surface area contributed by atoms with Gasteiger partial charge in [0.2, 0.25) is 0 Å². The largest absolute Gasteiger partial charge is 0.357 e. The highest BCUT2D eigenvalue weighted by Gasteiger charge is 2.17. The third-order valence-corrected chi connectivity index (χ3v) is 4.82. The first-order chi connectivity index (χ1) is 12.7. The predicted octanol–water partition coefficient (Wildman–Crippen LogP) is 3.96. The Balaban J connectivity index is 0.00000261. The van der Waals surface area contributed by atoms with Crippen molar-refractivity contribution in [1.29, 1.82) is 0 Å². The van der Waals surface area contributed by atoms with Gasteiger partial charge < -0.3 is 10.6 Å². The zero-order valence-electron chi connectivity index (χ0n) is 15.7. The van der Waals surface area contributed by atoms with Gasteiger partial charge in [0.1, 0.15) is 5.15 Å². The van der Waals surface area contributed by atoms with E-state index in [0.29, 0.717) is 17.7 Å². The standard InChI is InChI=1S/C19H27ClN6.HI/c1-2-21-19(22-11-9-15-7-8-18(20)23-13-15)24-14-16-10-12-26(25-16)17-5-3-4-6-17;/h7-8,10,12-13,17H,2-6,9,11,14H2,1H3,(H2,21,22,24);1H. The summed E-state index contributed by atoms with van der Waals surface area (Å²) in [5.74, 6) is 0.810. The zero-order chi connectivity index (χ0) is 18.2. The Labute approximate surface area is 183 Å². The number of nitrogens with one attached hydrogen (secondary N) is 2. The van der Waals surface area contributed by atoms with Crippen LogP contribution >= 0.6 is 35.6 Å². The van der Waals surface area contributed by atoms with Crippen molar-refractivity contribution in [2.45, 2.75) is 51.6 Å². The third kappa shape index (κ3) is 6.95. The van der Waals surface area contributed by atoms with Crippen molar-refractivity contribution in [2.75, 3.05) is 13.1 Å². The molecule has 1 fully saturated rings. The molecule has 0 radical (unpaired) electrons. The van der Waals surface area contributed by atoms with E-state index in [1.54, 1.807) is 0 Å². The van der Waals surface area contributed by atoms with Gasteiger partial charge in [-0.15, -0.1) is 24.0 Å². The SMILES string of the molecule is CCNC(=NCc1ccn(C2CCCC2)n1)NCCc1ccc(Cl)nc1.I. The van der Waals surface area contributed by atoms with Crippen molar-refractivity contribution >= 4 is 41.5 Å². The van der Waals surface area contributed by atoms with Crippen LogP contribution in [0.15, 0.2) is 35.6 Å². The third-order valence-electron chi connectivity index (χ3n) is 4.60. The van der Waals surface area contributed by atoms with Gasteiger partial charge in [0.15, 0.2) is 5.96 Å². The number of nitrogens with zero attached hydrogens (tertiary/aromatic N) is 4. The summed E-state index contributed by atoms with van der Waals surface area (Å²) >= 11 is 5.82. The molecule has 2 heterocycles. The molecule has 2 N–H and O–H groups in total. The Morgan fingerprint density at radius 3 is 2.78 bits per heavy atom. The molecular weight excluding hydrogens is 475 g/mol. The van der Waals surface area contributed by atoms with Crippen LogP contribution in [0.5, 0.6) is 0 Å². The molecular formula is C19H28ClIN6. The molecule has 148 valence electrons. The van der Waals surface area contributed by atoms with Crippen molar-refractivity contribution in [3.8, 4) is 0 Å². The summed E-state index contributed by atoms with van der Waals surface area (Å²) in [6.45, 7) is 4.25. The summed E-state index contributed by atoms with van der Waals surface area (Å²) in [6.07, 6.45) is 9.89. The van der Waals surface area contributed by atoms with Gasteiger partial charge in [0.25, 0.3) is 0 Å². The number of pyridine rings is 1. The molecule has 0 aliphatic heterocycles. The van der Waals surface area contributed by atoms with E-state index < -0.39 is 0 Å². The number of aliphatic imine (C=N–C) groups is 1. The smallest absolute Gasteiger partial charge is 0.191 e. The van der Waals surface area contributed by atoms with E-state index in [1.807, 2.05) is 18.3 Å². The lowest BCUT2D eigenvalue weighted by atomic mass is 10.2. The van der Waals surface area contributed by atoms with Gasteiger partial charge in [0.05, 0.1) is 18.3 Å². The van der Waals surface area contributed by atoms with Crippen molar-refractivity contribution in [2.24, 2.45) is 4.99 Å². The van der Waals surface area contributed by atoms with Crippen LogP contribution in [-0.4, -0.2) is 33.8 Å². The van der Waals surface area contributed by atoms with Crippen molar-refractivity contribution in [3.05, 3.63) is 47.0 Å². The van der Waals surface area contributed by atoms with Gasteiger partial charge in [-0.05, 0) is 43.9 Å². The minimum atomic E-state index is 0. The van der Waals surface area contributed by atoms with Crippen molar-refractivity contribution in [1.82, 2.24) is 25.4 Å². The fourth-order valence-corrected chi connectivity index (χ4v) is 3.33. The van der Waals surface area contributed by atoms with Gasteiger partial charge in [-0.1, -0.05) is 30.5 Å². The molecule has 27 heavy (non-hydrogen) atoms. The number of aromatic nitrogens is 3. The first-order valence-corrected chi connectivity index (χ1v) is 9.79. The molecule has 6 nitrogen and oxygen atoms in total. The molecule has 1 aliphatic carbocycles. The van der Waals surface area contributed by atoms with Crippen LogP contribution in [0.3, 0.4) is 0 Å². The van der Waals surface area contributed by atoms with Gasteiger partial charge in [-0.2, -0.15) is 5.10 Å². The van der Waals surface area contributed by atoms with Gasteiger partial charge >= 0.3 is 0 Å². The molecule has 0 saturated heterocycles. The number of hydrogen-bond acceptors (Lipinski definition) is 3. The van der Waals surface area contributed by atoms with E-state index in [2.05, 4.69) is 44.5 Å². The molecule has 3 rings (SSSR count). The van der Waals surface area contributed by atoms with E-state index in [0.717, 1.165) is 36.7 Å². The summed E-state index contributed by atoms with van der Waals surface area (Å²) in [4.78, 5) is 8.76. The molecule has 1 saturated carbocycles. The second-order valence-corrected chi connectivity index (χ2v) is 6.97. The molecule has 0 amide bonds. The maximum absolute atomic E-state index is 5.82. The minimum absolute atomic E-state index is 0. The van der Waals surface area contributed by atoms with Crippen LogP contribution in [0.1, 0.15) is 49.9 Å². The maximum Gasteiger partial charge on any atom is 0.191 e. The van der Waals surface area contributed by atoms with Crippen molar-refractivity contribution in [3.63, 3.8) is 0 Å². The Morgan fingerprint density at radius 1 is 1.26 bits per heavy atom. The van der Waals surface area contributed by atoms with Crippen LogP contribution in [-0.2, 0) is 13.0 Å². The first kappa shape index (κ1) is 21.9. The molecule has 2 aromatic rings. The van der Waals surface area contributed by atoms with E-state index in [9.17, 15) is 0 Å². The van der Waals surface area contributed by atoms with Crippen LogP contribution in [0, 0.1) is 0 Å². The predicted molar refractivity (Wildman–Crippen MR) is 121 cm³/mol. The number of hydrogen-bond donors (Lipinski definition) is 2. The van der Waals surface area contributed by atoms with E-state index in [1.165, 1.54) is 25.7 Å². The second-order valence-electron chi connectivity index (χ2n) is 6.59. The highest BCUT2D eigenvalue weighted by atomic mass is 127. The van der Waals surface area contributed by atoms with Crippen LogP contribution in [0.2, 0.25) is 5.15 Å². The molecule has 0 bridgehead atoms. The van der Waals surface area contributed by atoms with Gasteiger partial charge in [-0.3, -0.25) is 4.68 Å². The molecule has 0 atom stereocenters. The lowest BCUT2D eigenvalue weighted by Gasteiger charge is -2.11. The van der Waals surface area contributed by atoms with Gasteiger partial charge in [-0.25, -0.2) is 9.98 Å². The highest BCUT2D eigenvalue weighted by molar-refractivity contribution is 14.0. The minimum Gasteiger partial charge on any atom is -0.357 e. The van der Waals surface area contributed by atoms with E-state index in [4.69, 9.17) is 16.7 Å². The Hall–Kier alpha value is -1.35. The summed E-state index contributed by atoms with van der Waals surface area (Å²) in [5, 5.41) is 11.9. The fourth-order valence-electron chi connectivity index (χ4n) is 3.22. The summed E-state index contributed by atoms with van der Waals surface area (Å²) in [5.41, 5.74) is 2.16. The molecule has 0 spiro atoms. The summed E-state index contributed by atoms with van der Waals surface area (Å²) in [7, 11) is 0. The van der Waals surface area contributed by atoms with Crippen LogP contribution < -0.4 is 10.6 Å². The molecule has 0 unspecified atom stereocenters. The molecule has 0 aromatic carbocycles. The first-order valence-electron chi connectivity index (χ1n) is 9.41. The quantitative estimate of drug-likeness (QED) is 0.260. The topological polar surface area (TPSA) is 67.1 Å². The summed E-state index contributed by atoms with van der Waals surface area (Å²) in [6, 6.07) is 6.46. The number of halogens is 2. The normalized spacial score (nSPS) is 14.8. The van der Waals surface area contributed by atoms with Crippen LogP contribution in [0.4, 0.5) is 0 Å². The Morgan fingerprint density at radius 2 is 2.07 bits per heavy atom. The lowest BCUT2D eigenvalue weighted by molar-refractivity contribution is 0.463. The number of guanidine groups is 1.